The maximum absolute atomic E-state index is 12.2. The Morgan fingerprint density at radius 1 is 1.35 bits per heavy atom. The average molecular weight is 364 g/mol. The van der Waals surface area contributed by atoms with Gasteiger partial charge in [0.05, 0.1) is 16.5 Å². The minimum absolute atomic E-state index is 0.0888. The van der Waals surface area contributed by atoms with Crippen LogP contribution in [0.1, 0.15) is 23.2 Å². The van der Waals surface area contributed by atoms with Gasteiger partial charge in [-0.2, -0.15) is 0 Å². The second-order valence-corrected chi connectivity index (χ2v) is 7.27. The topological polar surface area (TPSA) is 92.7 Å². The van der Waals surface area contributed by atoms with Gasteiger partial charge in [0.25, 0.3) is 0 Å². The number of halogens is 1. The van der Waals surface area contributed by atoms with Crippen LogP contribution in [-0.2, 0) is 14.8 Å². The van der Waals surface area contributed by atoms with Crippen LogP contribution in [0.4, 0.5) is 5.69 Å². The predicted molar refractivity (Wildman–Crippen MR) is 77.5 cm³/mol. The van der Waals surface area contributed by atoms with Gasteiger partial charge in [-0.1, -0.05) is 0 Å². The number of sulfonamides is 1. The lowest BCUT2D eigenvalue weighted by Gasteiger charge is -2.23. The van der Waals surface area contributed by atoms with Crippen LogP contribution in [0.3, 0.4) is 0 Å². The number of hydrogen-bond donors (Lipinski definition) is 2. The van der Waals surface area contributed by atoms with Gasteiger partial charge in [0.15, 0.2) is 0 Å². The number of carboxylic acid groups (broad SMARTS) is 1. The third-order valence-electron chi connectivity index (χ3n) is 3.08. The van der Waals surface area contributed by atoms with Gasteiger partial charge >= 0.3 is 5.97 Å². The third kappa shape index (κ3) is 3.50. The van der Waals surface area contributed by atoms with Crippen LogP contribution in [0.25, 0.3) is 0 Å². The molecule has 0 aromatic heterocycles. The summed E-state index contributed by atoms with van der Waals surface area (Å²) in [4.78, 5) is 10.8. The number of carboxylic acids is 1. The number of benzene rings is 1. The van der Waals surface area contributed by atoms with Gasteiger partial charge in [-0.05, 0) is 47.0 Å². The van der Waals surface area contributed by atoms with Crippen molar-refractivity contribution in [1.29, 1.82) is 0 Å². The Labute approximate surface area is 125 Å². The smallest absolute Gasteiger partial charge is 0.335 e. The second kappa shape index (κ2) is 6.11. The molecule has 1 aromatic carbocycles. The van der Waals surface area contributed by atoms with Crippen molar-refractivity contribution in [3.63, 3.8) is 0 Å². The molecule has 2 rings (SSSR count). The van der Waals surface area contributed by atoms with Crippen LogP contribution in [0.15, 0.2) is 22.7 Å². The lowest BCUT2D eigenvalue weighted by atomic mass is 10.2. The fraction of sp³-hybridized carbons (Fsp3) is 0.417. The molecule has 0 saturated carbocycles. The summed E-state index contributed by atoms with van der Waals surface area (Å²) in [5, 5.41) is 8.38. The van der Waals surface area contributed by atoms with E-state index >= 15 is 0 Å². The second-order valence-electron chi connectivity index (χ2n) is 4.46. The Hall–Kier alpha value is -1.12. The Kier molecular flexibility index (Phi) is 4.66. The number of aromatic carboxylic acids is 1. The van der Waals surface area contributed by atoms with E-state index in [-0.39, 0.29) is 5.56 Å². The van der Waals surface area contributed by atoms with Gasteiger partial charge in [-0.3, -0.25) is 4.72 Å². The first-order valence-electron chi connectivity index (χ1n) is 6.02. The van der Waals surface area contributed by atoms with Crippen molar-refractivity contribution in [3.8, 4) is 0 Å². The molecule has 2 N–H and O–H groups in total. The summed E-state index contributed by atoms with van der Waals surface area (Å²) in [7, 11) is -3.50. The molecule has 0 radical (unpaired) electrons. The van der Waals surface area contributed by atoms with Crippen molar-refractivity contribution >= 4 is 37.6 Å². The Balaban J connectivity index is 2.18. The molecule has 1 saturated heterocycles. The molecule has 0 aliphatic carbocycles. The molecule has 1 aliphatic heterocycles. The molecule has 0 spiro atoms. The van der Waals surface area contributed by atoms with Crippen LogP contribution < -0.4 is 4.72 Å². The molecule has 110 valence electrons. The summed E-state index contributed by atoms with van der Waals surface area (Å²) >= 11 is 3.18. The number of ether oxygens (including phenoxy) is 1. The molecule has 0 atom stereocenters. The Morgan fingerprint density at radius 2 is 2.00 bits per heavy atom. The van der Waals surface area contributed by atoms with E-state index in [0.29, 0.717) is 36.2 Å². The predicted octanol–water partition coefficient (Wildman–Crippen LogP) is 2.07. The Bertz CT molecular complexity index is 610. The van der Waals surface area contributed by atoms with Crippen LogP contribution in [0.5, 0.6) is 0 Å². The van der Waals surface area contributed by atoms with Crippen LogP contribution >= 0.6 is 15.9 Å². The molecular formula is C12H14BrNO5S. The van der Waals surface area contributed by atoms with Gasteiger partial charge in [0.2, 0.25) is 10.0 Å². The highest BCUT2D eigenvalue weighted by Crippen LogP contribution is 2.27. The van der Waals surface area contributed by atoms with Crippen molar-refractivity contribution < 1.29 is 23.1 Å². The van der Waals surface area contributed by atoms with E-state index in [2.05, 4.69) is 20.7 Å². The highest BCUT2D eigenvalue weighted by molar-refractivity contribution is 9.10. The SMILES string of the molecule is O=C(O)c1ccc(NS(=O)(=O)C2CCOCC2)c(Br)c1. The van der Waals surface area contributed by atoms with Gasteiger partial charge in [0, 0.05) is 17.7 Å². The quantitative estimate of drug-likeness (QED) is 0.853. The molecule has 0 bridgehead atoms. The van der Waals surface area contributed by atoms with E-state index in [4.69, 9.17) is 9.84 Å². The highest BCUT2D eigenvalue weighted by Gasteiger charge is 2.28. The van der Waals surface area contributed by atoms with Gasteiger partial charge in [0.1, 0.15) is 0 Å². The summed E-state index contributed by atoms with van der Waals surface area (Å²) < 4.78 is 32.5. The molecule has 8 heteroatoms. The monoisotopic (exact) mass is 363 g/mol. The minimum Gasteiger partial charge on any atom is -0.478 e. The van der Waals surface area contributed by atoms with E-state index in [1.165, 1.54) is 18.2 Å². The van der Waals surface area contributed by atoms with Gasteiger partial charge in [-0.15, -0.1) is 0 Å². The largest absolute Gasteiger partial charge is 0.478 e. The van der Waals surface area contributed by atoms with E-state index in [0.717, 1.165) is 0 Å². The molecule has 0 amide bonds. The number of rotatable bonds is 4. The van der Waals surface area contributed by atoms with Crippen molar-refractivity contribution in [2.45, 2.75) is 18.1 Å². The maximum atomic E-state index is 12.2. The number of hydrogen-bond acceptors (Lipinski definition) is 4. The number of carbonyl (C=O) groups is 1. The molecule has 1 aromatic rings. The molecule has 1 aliphatic rings. The normalized spacial score (nSPS) is 16.9. The van der Waals surface area contributed by atoms with E-state index in [1.54, 1.807) is 0 Å². The minimum atomic E-state index is -3.50. The summed E-state index contributed by atoms with van der Waals surface area (Å²) in [6.45, 7) is 0.870. The lowest BCUT2D eigenvalue weighted by Crippen LogP contribution is -2.33. The zero-order valence-corrected chi connectivity index (χ0v) is 12.9. The number of anilines is 1. The fourth-order valence-corrected chi connectivity index (χ4v) is 4.03. The lowest BCUT2D eigenvalue weighted by molar-refractivity contribution is 0.0697. The highest BCUT2D eigenvalue weighted by atomic mass is 79.9. The Morgan fingerprint density at radius 3 is 2.55 bits per heavy atom. The van der Waals surface area contributed by atoms with Crippen molar-refractivity contribution in [2.24, 2.45) is 0 Å². The molecule has 1 fully saturated rings. The molecule has 20 heavy (non-hydrogen) atoms. The zero-order chi connectivity index (χ0) is 14.8. The van der Waals surface area contributed by atoms with Crippen molar-refractivity contribution in [2.75, 3.05) is 17.9 Å². The standard InChI is InChI=1S/C12H14BrNO5S/c13-10-7-8(12(15)16)1-2-11(10)14-20(17,18)9-3-5-19-6-4-9/h1-2,7,9,14H,3-6H2,(H,15,16). The molecule has 0 unspecified atom stereocenters. The van der Waals surface area contributed by atoms with Crippen molar-refractivity contribution in [3.05, 3.63) is 28.2 Å². The molecular weight excluding hydrogens is 350 g/mol. The first-order chi connectivity index (χ1) is 9.40. The van der Waals surface area contributed by atoms with Gasteiger partial charge in [-0.25, -0.2) is 13.2 Å². The first kappa shape index (κ1) is 15.3. The van der Waals surface area contributed by atoms with E-state index in [9.17, 15) is 13.2 Å². The zero-order valence-electron chi connectivity index (χ0n) is 10.5. The van der Waals surface area contributed by atoms with Crippen LogP contribution in [0, 0.1) is 0 Å². The number of nitrogens with one attached hydrogen (secondary N) is 1. The van der Waals surface area contributed by atoms with Crippen LogP contribution in [-0.4, -0.2) is 38.0 Å². The molecule has 1 heterocycles. The summed E-state index contributed by atoms with van der Waals surface area (Å²) in [5.74, 6) is -1.07. The maximum Gasteiger partial charge on any atom is 0.335 e. The van der Waals surface area contributed by atoms with Crippen LogP contribution in [0.2, 0.25) is 0 Å². The fourth-order valence-electron chi connectivity index (χ4n) is 1.95. The summed E-state index contributed by atoms with van der Waals surface area (Å²) in [6, 6.07) is 4.16. The summed E-state index contributed by atoms with van der Waals surface area (Å²) in [5.41, 5.74) is 0.424. The summed E-state index contributed by atoms with van der Waals surface area (Å²) in [6.07, 6.45) is 0.917. The third-order valence-corrected chi connectivity index (χ3v) is 5.58. The van der Waals surface area contributed by atoms with Gasteiger partial charge < -0.3 is 9.84 Å². The molecule has 6 nitrogen and oxygen atoms in total. The van der Waals surface area contributed by atoms with Crippen molar-refractivity contribution in [1.82, 2.24) is 0 Å². The van der Waals surface area contributed by atoms with E-state index < -0.39 is 21.2 Å². The first-order valence-corrected chi connectivity index (χ1v) is 8.36. The van der Waals surface area contributed by atoms with E-state index in [1.807, 2.05) is 0 Å². The average Bonchev–Trinajstić information content (AvgIpc) is 2.41.